The van der Waals surface area contributed by atoms with Gasteiger partial charge in [0.25, 0.3) is 0 Å². The Hall–Kier alpha value is -3.45. The Labute approximate surface area is 193 Å². The smallest absolute Gasteiger partial charge is 0.342 e. The van der Waals surface area contributed by atoms with Gasteiger partial charge in [-0.2, -0.15) is 0 Å². The van der Waals surface area contributed by atoms with E-state index in [1.807, 2.05) is 35.2 Å². The van der Waals surface area contributed by atoms with E-state index >= 15 is 0 Å². The SMILES string of the molecule is CCOC(=O)C1(C(=O)OCC)/C(=C\c2ccc(C(=O)OC)cc2)CCN1Cc1ccccc1. The van der Waals surface area contributed by atoms with Crippen LogP contribution in [0.2, 0.25) is 0 Å². The summed E-state index contributed by atoms with van der Waals surface area (Å²) < 4.78 is 15.6. The number of hydrogen-bond acceptors (Lipinski definition) is 7. The van der Waals surface area contributed by atoms with Crippen LogP contribution in [0.25, 0.3) is 6.08 Å². The normalized spacial score (nSPS) is 16.4. The molecule has 174 valence electrons. The van der Waals surface area contributed by atoms with E-state index in [0.29, 0.717) is 30.6 Å². The molecule has 2 aromatic carbocycles. The molecular formula is C26H29NO6. The number of methoxy groups -OCH3 is 1. The molecule has 0 N–H and O–H groups in total. The van der Waals surface area contributed by atoms with Crippen LogP contribution in [0.15, 0.2) is 60.2 Å². The third-order valence-electron chi connectivity index (χ3n) is 5.62. The largest absolute Gasteiger partial charge is 0.465 e. The molecule has 0 aromatic heterocycles. The van der Waals surface area contributed by atoms with Crippen LogP contribution in [0, 0.1) is 0 Å². The predicted octanol–water partition coefficient (Wildman–Crippen LogP) is 3.63. The van der Waals surface area contributed by atoms with Crippen LogP contribution in [0.1, 0.15) is 41.8 Å². The second kappa shape index (κ2) is 10.9. The molecule has 0 unspecified atom stereocenters. The van der Waals surface area contributed by atoms with Crippen LogP contribution < -0.4 is 0 Å². The van der Waals surface area contributed by atoms with E-state index in [1.165, 1.54) is 7.11 Å². The van der Waals surface area contributed by atoms with E-state index in [2.05, 4.69) is 0 Å². The monoisotopic (exact) mass is 451 g/mol. The fraction of sp³-hybridized carbons (Fsp3) is 0.346. The zero-order valence-electron chi connectivity index (χ0n) is 19.2. The number of carbonyl (C=O) groups is 3. The zero-order chi connectivity index (χ0) is 23.8. The van der Waals surface area contributed by atoms with Gasteiger partial charge in [0.15, 0.2) is 0 Å². The minimum Gasteiger partial charge on any atom is -0.465 e. The van der Waals surface area contributed by atoms with Crippen molar-refractivity contribution in [1.29, 1.82) is 0 Å². The maximum Gasteiger partial charge on any atom is 0.342 e. The van der Waals surface area contributed by atoms with Gasteiger partial charge in [-0.3, -0.25) is 4.90 Å². The highest BCUT2D eigenvalue weighted by atomic mass is 16.6. The molecule has 3 rings (SSSR count). The molecule has 0 saturated carbocycles. The van der Waals surface area contributed by atoms with E-state index in [4.69, 9.17) is 14.2 Å². The number of hydrogen-bond donors (Lipinski definition) is 0. The lowest BCUT2D eigenvalue weighted by molar-refractivity contribution is -0.170. The number of benzene rings is 2. The molecule has 0 atom stereocenters. The van der Waals surface area contributed by atoms with Gasteiger partial charge in [0.2, 0.25) is 5.54 Å². The van der Waals surface area contributed by atoms with Gasteiger partial charge in [0, 0.05) is 13.1 Å². The fourth-order valence-corrected chi connectivity index (χ4v) is 4.09. The first kappa shape index (κ1) is 24.2. The third kappa shape index (κ3) is 4.98. The lowest BCUT2D eigenvalue weighted by atomic mass is 9.88. The molecule has 1 aliphatic rings. The molecule has 7 heteroatoms. The number of rotatable bonds is 8. The van der Waals surface area contributed by atoms with Gasteiger partial charge >= 0.3 is 17.9 Å². The minimum atomic E-state index is -1.68. The summed E-state index contributed by atoms with van der Waals surface area (Å²) in [6.45, 7) is 4.57. The second-order valence-corrected chi connectivity index (χ2v) is 7.59. The number of ether oxygens (including phenoxy) is 3. The summed E-state index contributed by atoms with van der Waals surface area (Å²) in [5.41, 5.74) is 1.06. The molecule has 33 heavy (non-hydrogen) atoms. The quantitative estimate of drug-likeness (QED) is 0.344. The van der Waals surface area contributed by atoms with Gasteiger partial charge in [-0.1, -0.05) is 48.5 Å². The van der Waals surface area contributed by atoms with Crippen molar-refractivity contribution >= 4 is 24.0 Å². The minimum absolute atomic E-state index is 0.139. The molecule has 0 amide bonds. The van der Waals surface area contributed by atoms with Crippen molar-refractivity contribution in [1.82, 2.24) is 4.90 Å². The van der Waals surface area contributed by atoms with Crippen LogP contribution in [0.3, 0.4) is 0 Å². The first-order chi connectivity index (χ1) is 16.0. The number of nitrogens with zero attached hydrogens (tertiary/aromatic N) is 1. The molecule has 0 bridgehead atoms. The van der Waals surface area contributed by atoms with E-state index < -0.39 is 23.4 Å². The van der Waals surface area contributed by atoms with Gasteiger partial charge in [-0.05, 0) is 49.1 Å². The standard InChI is InChI=1S/C26H29NO6/c1-4-32-24(29)26(25(30)33-5-2)22(15-16-27(26)18-20-9-7-6-8-10-20)17-19-11-13-21(14-12-19)23(28)31-3/h6-14,17H,4-5,15-16,18H2,1-3H3/b22-17-. The molecule has 1 fully saturated rings. The molecule has 0 radical (unpaired) electrons. The van der Waals surface area contributed by atoms with Crippen LogP contribution in [0.4, 0.5) is 0 Å². The molecular weight excluding hydrogens is 422 g/mol. The summed E-state index contributed by atoms with van der Waals surface area (Å²) >= 11 is 0. The van der Waals surface area contributed by atoms with Crippen molar-refractivity contribution in [3.63, 3.8) is 0 Å². The Morgan fingerprint density at radius 3 is 2.09 bits per heavy atom. The molecule has 1 heterocycles. The van der Waals surface area contributed by atoms with Gasteiger partial charge in [0.1, 0.15) is 0 Å². The first-order valence-corrected chi connectivity index (χ1v) is 11.0. The number of likely N-dealkylation sites (tertiary alicyclic amines) is 1. The van der Waals surface area contributed by atoms with Crippen molar-refractivity contribution in [3.8, 4) is 0 Å². The molecule has 1 saturated heterocycles. The number of esters is 3. The molecule has 0 spiro atoms. The fourth-order valence-electron chi connectivity index (χ4n) is 4.09. The predicted molar refractivity (Wildman–Crippen MR) is 123 cm³/mol. The van der Waals surface area contributed by atoms with E-state index in [9.17, 15) is 14.4 Å². The van der Waals surface area contributed by atoms with Gasteiger partial charge in [-0.15, -0.1) is 0 Å². The summed E-state index contributed by atoms with van der Waals surface area (Å²) in [5, 5.41) is 0. The summed E-state index contributed by atoms with van der Waals surface area (Å²) in [6.07, 6.45) is 2.29. The van der Waals surface area contributed by atoms with Crippen molar-refractivity contribution in [2.24, 2.45) is 0 Å². The Kier molecular flexibility index (Phi) is 8.01. The van der Waals surface area contributed by atoms with E-state index in [0.717, 1.165) is 11.1 Å². The van der Waals surface area contributed by atoms with Crippen molar-refractivity contribution < 1.29 is 28.6 Å². The highest BCUT2D eigenvalue weighted by Gasteiger charge is 2.59. The summed E-state index contributed by atoms with van der Waals surface area (Å²) in [4.78, 5) is 40.4. The first-order valence-electron chi connectivity index (χ1n) is 11.0. The van der Waals surface area contributed by atoms with Gasteiger partial charge < -0.3 is 14.2 Å². The Bertz CT molecular complexity index is 995. The van der Waals surface area contributed by atoms with Crippen molar-refractivity contribution in [2.45, 2.75) is 32.4 Å². The Morgan fingerprint density at radius 2 is 1.55 bits per heavy atom. The van der Waals surface area contributed by atoms with Crippen molar-refractivity contribution in [3.05, 3.63) is 76.9 Å². The molecule has 7 nitrogen and oxygen atoms in total. The highest BCUT2D eigenvalue weighted by Crippen LogP contribution is 2.39. The van der Waals surface area contributed by atoms with Gasteiger partial charge in [-0.25, -0.2) is 14.4 Å². The maximum atomic E-state index is 13.4. The van der Waals surface area contributed by atoms with Crippen LogP contribution in [-0.2, 0) is 30.3 Å². The van der Waals surface area contributed by atoms with Crippen LogP contribution >= 0.6 is 0 Å². The van der Waals surface area contributed by atoms with Crippen LogP contribution in [0.5, 0.6) is 0 Å². The third-order valence-corrected chi connectivity index (χ3v) is 5.62. The lowest BCUT2D eigenvalue weighted by Gasteiger charge is -2.35. The lowest BCUT2D eigenvalue weighted by Crippen LogP contribution is -2.58. The van der Waals surface area contributed by atoms with E-state index in [1.54, 1.807) is 44.2 Å². The van der Waals surface area contributed by atoms with Gasteiger partial charge in [0.05, 0.1) is 25.9 Å². The Morgan fingerprint density at radius 1 is 0.939 bits per heavy atom. The Balaban J connectivity index is 2.08. The second-order valence-electron chi connectivity index (χ2n) is 7.59. The maximum absolute atomic E-state index is 13.4. The number of carbonyl (C=O) groups excluding carboxylic acids is 3. The average molecular weight is 452 g/mol. The van der Waals surface area contributed by atoms with Crippen LogP contribution in [-0.4, -0.2) is 55.2 Å². The summed E-state index contributed by atoms with van der Waals surface area (Å²) in [6, 6.07) is 16.4. The zero-order valence-corrected chi connectivity index (χ0v) is 19.2. The van der Waals surface area contributed by atoms with Crippen molar-refractivity contribution in [2.75, 3.05) is 26.9 Å². The molecule has 2 aromatic rings. The topological polar surface area (TPSA) is 82.1 Å². The molecule has 0 aliphatic carbocycles. The van der Waals surface area contributed by atoms with E-state index in [-0.39, 0.29) is 13.2 Å². The average Bonchev–Trinajstić information content (AvgIpc) is 3.18. The highest BCUT2D eigenvalue weighted by molar-refractivity contribution is 6.10. The summed E-state index contributed by atoms with van der Waals surface area (Å²) in [5.74, 6) is -1.72. The summed E-state index contributed by atoms with van der Waals surface area (Å²) in [7, 11) is 1.32. The molecule has 1 aliphatic heterocycles.